The van der Waals surface area contributed by atoms with Crippen LogP contribution in [-0.2, 0) is 11.3 Å². The summed E-state index contributed by atoms with van der Waals surface area (Å²) in [6.45, 7) is 3.04. The van der Waals surface area contributed by atoms with E-state index < -0.39 is 11.8 Å². The number of nitrogens with zero attached hydrogens (tertiary/aromatic N) is 2. The van der Waals surface area contributed by atoms with E-state index in [9.17, 15) is 9.18 Å². The van der Waals surface area contributed by atoms with E-state index in [1.54, 1.807) is 6.92 Å². The summed E-state index contributed by atoms with van der Waals surface area (Å²) >= 11 is 0. The van der Waals surface area contributed by atoms with Gasteiger partial charge in [0.1, 0.15) is 23.8 Å². The highest BCUT2D eigenvalue weighted by Gasteiger charge is 2.17. The van der Waals surface area contributed by atoms with Gasteiger partial charge in [-0.25, -0.2) is 13.8 Å². The molecule has 0 bridgehead atoms. The number of nitrogen functional groups attached to an aromatic ring is 1. The topological polar surface area (TPSA) is 91.2 Å². The minimum absolute atomic E-state index is 0.137. The lowest BCUT2D eigenvalue weighted by molar-refractivity contribution is 0.0458. The molecule has 0 fully saturated rings. The molecule has 1 aromatic carbocycles. The van der Waals surface area contributed by atoms with Gasteiger partial charge in [-0.3, -0.25) is 0 Å². The maximum Gasteiger partial charge on any atom is 0.341 e. The predicted molar refractivity (Wildman–Crippen MR) is 63.7 cm³/mol. The van der Waals surface area contributed by atoms with Gasteiger partial charge in [0.15, 0.2) is 0 Å². The molecule has 2 N–H and O–H groups in total. The van der Waals surface area contributed by atoms with E-state index in [1.807, 2.05) is 0 Å². The third-order valence-electron chi connectivity index (χ3n) is 2.58. The highest BCUT2D eigenvalue weighted by atomic mass is 19.1. The third-order valence-corrected chi connectivity index (χ3v) is 2.58. The molecule has 0 unspecified atom stereocenters. The van der Waals surface area contributed by atoms with Gasteiger partial charge in [-0.15, -0.1) is 0 Å². The Hall–Kier alpha value is -2.44. The number of rotatable bonds is 3. The van der Waals surface area contributed by atoms with Crippen LogP contribution < -0.4 is 5.73 Å². The summed E-state index contributed by atoms with van der Waals surface area (Å²) < 4.78 is 23.2. The van der Waals surface area contributed by atoms with Crippen LogP contribution in [0.4, 0.5) is 10.1 Å². The minimum Gasteiger partial charge on any atom is -0.455 e. The summed E-state index contributed by atoms with van der Waals surface area (Å²) in [5.41, 5.74) is 6.84. The van der Waals surface area contributed by atoms with E-state index in [-0.39, 0.29) is 17.7 Å². The zero-order valence-corrected chi connectivity index (χ0v) is 10.4. The Kier molecular flexibility index (Phi) is 3.46. The zero-order valence-electron chi connectivity index (χ0n) is 10.4. The van der Waals surface area contributed by atoms with Crippen molar-refractivity contribution >= 4 is 11.7 Å². The number of hydrogen-bond acceptors (Lipinski definition) is 6. The number of anilines is 1. The van der Waals surface area contributed by atoms with Crippen LogP contribution in [-0.4, -0.2) is 16.3 Å². The number of ether oxygens (including phenoxy) is 1. The van der Waals surface area contributed by atoms with Gasteiger partial charge in [-0.1, -0.05) is 10.3 Å². The lowest BCUT2D eigenvalue weighted by atomic mass is 10.1. The molecule has 0 atom stereocenters. The minimum atomic E-state index is -0.810. The third kappa shape index (κ3) is 2.70. The molecule has 0 saturated carbocycles. The fourth-order valence-corrected chi connectivity index (χ4v) is 1.54. The normalized spacial score (nSPS) is 10.5. The van der Waals surface area contributed by atoms with Crippen LogP contribution in [0.3, 0.4) is 0 Å². The molecule has 0 aliphatic heterocycles. The molecule has 2 aromatic rings. The molecule has 1 aromatic heterocycles. The Labute approximate surface area is 108 Å². The number of carbonyl (C=O) groups excluding carboxylic acids is 1. The van der Waals surface area contributed by atoms with Gasteiger partial charge in [0.25, 0.3) is 0 Å². The second-order valence-corrected chi connectivity index (χ2v) is 4.07. The Morgan fingerprint density at radius 1 is 1.42 bits per heavy atom. The molecule has 0 radical (unpaired) electrons. The fourth-order valence-electron chi connectivity index (χ4n) is 1.54. The van der Waals surface area contributed by atoms with Crippen molar-refractivity contribution in [2.75, 3.05) is 5.73 Å². The van der Waals surface area contributed by atoms with Crippen molar-refractivity contribution in [3.63, 3.8) is 0 Å². The van der Waals surface area contributed by atoms with Crippen molar-refractivity contribution in [3.8, 4) is 0 Å². The summed E-state index contributed by atoms with van der Waals surface area (Å²) in [5.74, 6) is -1.45. The Morgan fingerprint density at radius 3 is 2.79 bits per heavy atom. The molecule has 0 amide bonds. The van der Waals surface area contributed by atoms with Crippen LogP contribution in [0.25, 0.3) is 0 Å². The van der Waals surface area contributed by atoms with Crippen LogP contribution in [0.5, 0.6) is 0 Å². The molecule has 1 heterocycles. The van der Waals surface area contributed by atoms with Crippen LogP contribution in [0, 0.1) is 19.7 Å². The SMILES string of the molecule is Cc1cc(N)cc(C(=O)OCc2nonc2C)c1F. The number of halogens is 1. The Balaban J connectivity index is 2.15. The number of nitrogens with two attached hydrogens (primary N) is 1. The van der Waals surface area contributed by atoms with Crippen LogP contribution >= 0.6 is 0 Å². The van der Waals surface area contributed by atoms with Crippen LogP contribution in [0.1, 0.15) is 27.3 Å². The first kappa shape index (κ1) is 13.0. The van der Waals surface area contributed by atoms with Crippen LogP contribution in [0.2, 0.25) is 0 Å². The van der Waals surface area contributed by atoms with E-state index in [2.05, 4.69) is 14.9 Å². The molecule has 0 saturated heterocycles. The van der Waals surface area contributed by atoms with Gasteiger partial charge >= 0.3 is 5.97 Å². The second kappa shape index (κ2) is 5.05. The van der Waals surface area contributed by atoms with E-state index in [1.165, 1.54) is 19.1 Å². The predicted octanol–water partition coefficient (Wildman–Crippen LogP) is 1.76. The maximum absolute atomic E-state index is 13.8. The van der Waals surface area contributed by atoms with Gasteiger partial charge in [0.2, 0.25) is 0 Å². The number of hydrogen-bond donors (Lipinski definition) is 1. The highest BCUT2D eigenvalue weighted by molar-refractivity contribution is 5.91. The van der Waals surface area contributed by atoms with Gasteiger partial charge in [-0.2, -0.15) is 0 Å². The molecule has 100 valence electrons. The van der Waals surface area contributed by atoms with Crippen molar-refractivity contribution in [2.24, 2.45) is 0 Å². The number of aryl methyl sites for hydroxylation is 2. The average Bonchev–Trinajstić information content (AvgIpc) is 2.76. The highest BCUT2D eigenvalue weighted by Crippen LogP contribution is 2.18. The monoisotopic (exact) mass is 265 g/mol. The van der Waals surface area contributed by atoms with Gasteiger partial charge in [-0.05, 0) is 31.5 Å². The first-order valence-electron chi connectivity index (χ1n) is 5.50. The van der Waals surface area contributed by atoms with Crippen LogP contribution in [0.15, 0.2) is 16.8 Å². The van der Waals surface area contributed by atoms with Crippen molar-refractivity contribution < 1.29 is 18.6 Å². The first-order valence-corrected chi connectivity index (χ1v) is 5.50. The summed E-state index contributed by atoms with van der Waals surface area (Å²) in [5, 5.41) is 7.10. The summed E-state index contributed by atoms with van der Waals surface area (Å²) in [6.07, 6.45) is 0. The zero-order chi connectivity index (χ0) is 14.0. The standard InChI is InChI=1S/C12H12FN3O3/c1-6-3-8(14)4-9(11(6)13)12(17)18-5-10-7(2)15-19-16-10/h3-4H,5,14H2,1-2H3. The average molecular weight is 265 g/mol. The molecule has 2 rings (SSSR count). The summed E-state index contributed by atoms with van der Waals surface area (Å²) in [4.78, 5) is 11.8. The molecule has 0 spiro atoms. The van der Waals surface area contributed by atoms with Gasteiger partial charge in [0, 0.05) is 5.69 Å². The Morgan fingerprint density at radius 2 is 2.16 bits per heavy atom. The molecular formula is C12H12FN3O3. The quantitative estimate of drug-likeness (QED) is 0.671. The molecule has 19 heavy (non-hydrogen) atoms. The van der Waals surface area contributed by atoms with Crippen molar-refractivity contribution in [1.82, 2.24) is 10.3 Å². The first-order chi connectivity index (χ1) is 8.99. The fraction of sp³-hybridized carbons (Fsp3) is 0.250. The lowest BCUT2D eigenvalue weighted by Gasteiger charge is -2.07. The largest absolute Gasteiger partial charge is 0.455 e. The smallest absolute Gasteiger partial charge is 0.341 e. The van der Waals surface area contributed by atoms with Gasteiger partial charge in [0.05, 0.1) is 5.56 Å². The van der Waals surface area contributed by atoms with Crippen molar-refractivity contribution in [1.29, 1.82) is 0 Å². The number of benzene rings is 1. The molecule has 0 aliphatic rings. The molecule has 6 nitrogen and oxygen atoms in total. The van der Waals surface area contributed by atoms with E-state index in [0.717, 1.165) is 0 Å². The van der Waals surface area contributed by atoms with Crippen molar-refractivity contribution in [3.05, 3.63) is 40.5 Å². The lowest BCUT2D eigenvalue weighted by Crippen LogP contribution is -2.10. The molecule has 7 heteroatoms. The molecule has 0 aliphatic carbocycles. The van der Waals surface area contributed by atoms with Crippen molar-refractivity contribution in [2.45, 2.75) is 20.5 Å². The van der Waals surface area contributed by atoms with E-state index >= 15 is 0 Å². The molecular weight excluding hydrogens is 253 g/mol. The van der Waals surface area contributed by atoms with E-state index in [4.69, 9.17) is 10.5 Å². The number of carbonyl (C=O) groups is 1. The number of aromatic nitrogens is 2. The summed E-state index contributed by atoms with van der Waals surface area (Å²) in [7, 11) is 0. The Bertz CT molecular complexity index is 625. The van der Waals surface area contributed by atoms with Gasteiger partial charge < -0.3 is 10.5 Å². The second-order valence-electron chi connectivity index (χ2n) is 4.07. The van der Waals surface area contributed by atoms with E-state index in [0.29, 0.717) is 17.1 Å². The number of esters is 1. The summed E-state index contributed by atoms with van der Waals surface area (Å²) in [6, 6.07) is 2.68. The maximum atomic E-state index is 13.8.